The summed E-state index contributed by atoms with van der Waals surface area (Å²) >= 11 is 6.93. The Balaban J connectivity index is 2.22. The second kappa shape index (κ2) is 7.30. The Morgan fingerprint density at radius 2 is 1.94 bits per heavy atom. The first-order valence-electron chi connectivity index (χ1n) is 5.29. The van der Waals surface area contributed by atoms with Crippen LogP contribution in [0.2, 0.25) is 0 Å². The molecule has 4 heteroatoms. The first-order valence-corrected chi connectivity index (χ1v) is 7.00. The molecule has 0 saturated carbocycles. The quantitative estimate of drug-likeness (QED) is 0.727. The van der Waals surface area contributed by atoms with Crippen LogP contribution >= 0.6 is 31.9 Å². The Kier molecular flexibility index (Phi) is 6.39. The van der Waals surface area contributed by atoms with Crippen LogP contribution in [0.15, 0.2) is 28.7 Å². The average Bonchev–Trinajstić information content (AvgIpc) is 2.20. The van der Waals surface area contributed by atoms with E-state index < -0.39 is 0 Å². The number of hydrogen-bond donors (Lipinski definition) is 0. The lowest BCUT2D eigenvalue weighted by molar-refractivity contribution is 0.239. The highest BCUT2D eigenvalue weighted by Gasteiger charge is 2.02. The molecule has 0 amide bonds. The van der Waals surface area contributed by atoms with Gasteiger partial charge in [-0.3, -0.25) is 0 Å². The van der Waals surface area contributed by atoms with Crippen LogP contribution in [0.25, 0.3) is 0 Å². The van der Waals surface area contributed by atoms with Crippen LogP contribution in [0.3, 0.4) is 0 Å². The van der Waals surface area contributed by atoms with E-state index in [1.54, 1.807) is 0 Å². The minimum Gasteiger partial charge on any atom is -0.492 e. The van der Waals surface area contributed by atoms with Gasteiger partial charge in [-0.2, -0.15) is 0 Å². The van der Waals surface area contributed by atoms with Gasteiger partial charge in [0.25, 0.3) is 0 Å². The van der Waals surface area contributed by atoms with E-state index in [1.807, 2.05) is 24.3 Å². The van der Waals surface area contributed by atoms with E-state index in [0.29, 0.717) is 4.83 Å². The highest BCUT2D eigenvalue weighted by atomic mass is 79.9. The molecule has 0 fully saturated rings. The van der Waals surface area contributed by atoms with Crippen LogP contribution in [0.4, 0.5) is 0 Å². The third-order valence-corrected chi connectivity index (χ3v) is 2.94. The molecule has 16 heavy (non-hydrogen) atoms. The summed E-state index contributed by atoms with van der Waals surface area (Å²) in [5.74, 6) is 0.920. The summed E-state index contributed by atoms with van der Waals surface area (Å²) in [7, 11) is 2.10. The van der Waals surface area contributed by atoms with Gasteiger partial charge in [0.2, 0.25) is 0 Å². The summed E-state index contributed by atoms with van der Waals surface area (Å²) in [4.78, 5) is 2.77. The third-order valence-electron chi connectivity index (χ3n) is 2.12. The zero-order chi connectivity index (χ0) is 12.0. The van der Waals surface area contributed by atoms with Crippen LogP contribution in [-0.2, 0) is 0 Å². The number of alkyl halides is 1. The molecular weight excluding hydrogens is 334 g/mol. The van der Waals surface area contributed by atoms with E-state index in [0.717, 1.165) is 29.9 Å². The minimum absolute atomic E-state index is 0.519. The van der Waals surface area contributed by atoms with Crippen molar-refractivity contribution in [2.75, 3.05) is 26.7 Å². The van der Waals surface area contributed by atoms with Gasteiger partial charge in [0.05, 0.1) is 0 Å². The van der Waals surface area contributed by atoms with Crippen LogP contribution in [0, 0.1) is 0 Å². The Labute approximate surface area is 114 Å². The largest absolute Gasteiger partial charge is 0.492 e. The molecule has 0 aromatic heterocycles. The van der Waals surface area contributed by atoms with Crippen molar-refractivity contribution in [1.29, 1.82) is 0 Å². The van der Waals surface area contributed by atoms with Crippen molar-refractivity contribution < 1.29 is 4.74 Å². The maximum absolute atomic E-state index is 5.64. The van der Waals surface area contributed by atoms with E-state index in [4.69, 9.17) is 4.74 Å². The molecule has 0 saturated heterocycles. The van der Waals surface area contributed by atoms with E-state index in [1.165, 1.54) is 0 Å². The van der Waals surface area contributed by atoms with Crippen molar-refractivity contribution in [3.8, 4) is 5.75 Å². The maximum atomic E-state index is 5.64. The van der Waals surface area contributed by atoms with Crippen molar-refractivity contribution in [3.05, 3.63) is 28.7 Å². The van der Waals surface area contributed by atoms with E-state index in [-0.39, 0.29) is 0 Å². The van der Waals surface area contributed by atoms with Crippen molar-refractivity contribution >= 4 is 31.9 Å². The number of benzene rings is 1. The summed E-state index contributed by atoms with van der Waals surface area (Å²) < 4.78 is 6.71. The van der Waals surface area contributed by atoms with Crippen LogP contribution < -0.4 is 4.74 Å². The van der Waals surface area contributed by atoms with Crippen molar-refractivity contribution in [2.24, 2.45) is 0 Å². The molecule has 1 unspecified atom stereocenters. The molecule has 90 valence electrons. The fourth-order valence-corrected chi connectivity index (χ4v) is 2.13. The summed E-state index contributed by atoms with van der Waals surface area (Å²) in [6.07, 6.45) is 0. The number of likely N-dealkylation sites (N-methyl/N-ethyl adjacent to an activating group) is 1. The lowest BCUT2D eigenvalue weighted by atomic mass is 10.3. The van der Waals surface area contributed by atoms with E-state index in [9.17, 15) is 0 Å². The first kappa shape index (κ1) is 14.0. The molecule has 0 N–H and O–H groups in total. The summed E-state index contributed by atoms with van der Waals surface area (Å²) in [6.45, 7) is 4.83. The maximum Gasteiger partial charge on any atom is 0.119 e. The number of halogens is 2. The van der Waals surface area contributed by atoms with Gasteiger partial charge in [-0.15, -0.1) is 0 Å². The van der Waals surface area contributed by atoms with E-state index in [2.05, 4.69) is 50.7 Å². The number of ether oxygens (including phenoxy) is 1. The molecule has 2 nitrogen and oxygen atoms in total. The Morgan fingerprint density at radius 1 is 1.31 bits per heavy atom. The minimum atomic E-state index is 0.519. The normalized spacial score (nSPS) is 12.8. The summed E-state index contributed by atoms with van der Waals surface area (Å²) in [5.41, 5.74) is 0. The Hall–Kier alpha value is -0.0600. The lowest BCUT2D eigenvalue weighted by Gasteiger charge is -2.18. The average molecular weight is 351 g/mol. The zero-order valence-corrected chi connectivity index (χ0v) is 12.8. The molecule has 0 aliphatic carbocycles. The Bertz CT molecular complexity index is 300. The molecule has 1 aromatic rings. The second-order valence-corrected chi connectivity index (χ2v) is 6.32. The van der Waals surface area contributed by atoms with Crippen molar-refractivity contribution in [3.63, 3.8) is 0 Å². The highest BCUT2D eigenvalue weighted by molar-refractivity contribution is 9.10. The van der Waals surface area contributed by atoms with Gasteiger partial charge in [-0.25, -0.2) is 0 Å². The molecule has 1 aromatic carbocycles. The molecule has 0 bridgehead atoms. The van der Waals surface area contributed by atoms with Gasteiger partial charge in [-0.1, -0.05) is 38.8 Å². The zero-order valence-electron chi connectivity index (χ0n) is 9.62. The first-order chi connectivity index (χ1) is 7.58. The summed E-state index contributed by atoms with van der Waals surface area (Å²) in [5, 5.41) is 0. The second-order valence-electron chi connectivity index (χ2n) is 3.85. The fraction of sp³-hybridized carbons (Fsp3) is 0.500. The topological polar surface area (TPSA) is 12.5 Å². The van der Waals surface area contributed by atoms with Crippen LogP contribution in [0.5, 0.6) is 5.75 Å². The number of hydrogen-bond acceptors (Lipinski definition) is 2. The predicted molar refractivity (Wildman–Crippen MR) is 75.5 cm³/mol. The van der Waals surface area contributed by atoms with Crippen LogP contribution in [0.1, 0.15) is 6.92 Å². The molecule has 0 radical (unpaired) electrons. The lowest BCUT2D eigenvalue weighted by Crippen LogP contribution is -2.28. The van der Waals surface area contributed by atoms with E-state index >= 15 is 0 Å². The molecule has 0 aliphatic heterocycles. The SMILES string of the molecule is CC(Br)CN(C)CCOc1ccc(Br)cc1. The van der Waals surface area contributed by atoms with Gasteiger partial charge >= 0.3 is 0 Å². The molecule has 1 rings (SSSR count). The summed E-state index contributed by atoms with van der Waals surface area (Å²) in [6, 6.07) is 7.91. The Morgan fingerprint density at radius 3 is 2.50 bits per heavy atom. The molecule has 0 spiro atoms. The monoisotopic (exact) mass is 349 g/mol. The van der Waals surface area contributed by atoms with Gasteiger partial charge in [0.15, 0.2) is 0 Å². The molecule has 0 aliphatic rings. The number of nitrogens with zero attached hydrogens (tertiary/aromatic N) is 1. The number of rotatable bonds is 6. The smallest absolute Gasteiger partial charge is 0.119 e. The molecular formula is C12H17Br2NO. The fourth-order valence-electron chi connectivity index (χ4n) is 1.37. The van der Waals surface area contributed by atoms with Crippen molar-refractivity contribution in [2.45, 2.75) is 11.8 Å². The molecule has 1 atom stereocenters. The van der Waals surface area contributed by atoms with Crippen LogP contribution in [-0.4, -0.2) is 36.5 Å². The predicted octanol–water partition coefficient (Wildman–Crippen LogP) is 3.54. The highest BCUT2D eigenvalue weighted by Crippen LogP contribution is 2.15. The van der Waals surface area contributed by atoms with Gasteiger partial charge < -0.3 is 9.64 Å². The molecule has 0 heterocycles. The van der Waals surface area contributed by atoms with Gasteiger partial charge in [0.1, 0.15) is 12.4 Å². The van der Waals surface area contributed by atoms with Crippen molar-refractivity contribution in [1.82, 2.24) is 4.90 Å². The third kappa shape index (κ3) is 5.87. The van der Waals surface area contributed by atoms with Gasteiger partial charge in [-0.05, 0) is 31.3 Å². The van der Waals surface area contributed by atoms with Gasteiger partial charge in [0, 0.05) is 22.4 Å². The standard InChI is InChI=1S/C12H17Br2NO/c1-10(13)9-15(2)7-8-16-12-5-3-11(14)4-6-12/h3-6,10H,7-9H2,1-2H3.